The van der Waals surface area contributed by atoms with Crippen molar-refractivity contribution in [2.24, 2.45) is 5.92 Å². The fraction of sp³-hybridized carbons (Fsp3) is 0.435. The van der Waals surface area contributed by atoms with Gasteiger partial charge in [0.1, 0.15) is 5.75 Å². The summed E-state index contributed by atoms with van der Waals surface area (Å²) < 4.78 is 33.2. The first-order valence-corrected chi connectivity index (χ1v) is 11.9. The number of benzene rings is 2. The number of nitrogens with one attached hydrogen (secondary N) is 1. The molecule has 0 aromatic heterocycles. The third kappa shape index (κ3) is 5.40. The Morgan fingerprint density at radius 1 is 1.10 bits per heavy atom. The van der Waals surface area contributed by atoms with Crippen LogP contribution in [0.2, 0.25) is 0 Å². The molecule has 1 saturated heterocycles. The van der Waals surface area contributed by atoms with E-state index in [4.69, 9.17) is 4.74 Å². The minimum absolute atomic E-state index is 0.208. The number of carbonyl (C=O) groups is 1. The maximum Gasteiger partial charge on any atom is 0.255 e. The molecule has 0 atom stereocenters. The van der Waals surface area contributed by atoms with Crippen molar-refractivity contribution in [1.82, 2.24) is 4.31 Å². The van der Waals surface area contributed by atoms with Crippen LogP contribution >= 0.6 is 0 Å². The number of anilines is 1. The number of piperidine rings is 1. The predicted octanol–water partition coefficient (Wildman–Crippen LogP) is 4.46. The smallest absolute Gasteiger partial charge is 0.255 e. The summed E-state index contributed by atoms with van der Waals surface area (Å²) in [7, 11) is -3.56. The van der Waals surface area contributed by atoms with Gasteiger partial charge in [-0.2, -0.15) is 4.31 Å². The Labute approximate surface area is 179 Å². The molecular weight excluding hydrogens is 400 g/mol. The standard InChI is InChI=1S/C23H30N2O4S/c1-17(2)16-29-20-9-7-8-19(14-20)23(26)24-22-15-21(11-10-18(22)3)30(27,28)25-12-5-4-6-13-25/h7-11,14-15,17H,4-6,12-13,16H2,1-3H3,(H,24,26). The first kappa shape index (κ1) is 22.3. The quantitative estimate of drug-likeness (QED) is 0.704. The average molecular weight is 431 g/mol. The van der Waals surface area contributed by atoms with Crippen LogP contribution in [0.5, 0.6) is 5.75 Å². The fourth-order valence-electron chi connectivity index (χ4n) is 3.34. The van der Waals surface area contributed by atoms with Crippen molar-refractivity contribution in [1.29, 1.82) is 0 Å². The number of ether oxygens (including phenoxy) is 1. The van der Waals surface area contributed by atoms with Crippen LogP contribution in [0.1, 0.15) is 49.0 Å². The van der Waals surface area contributed by atoms with Crippen LogP contribution in [-0.4, -0.2) is 38.3 Å². The maximum atomic E-state index is 13.0. The zero-order valence-electron chi connectivity index (χ0n) is 17.8. The number of hydrogen-bond acceptors (Lipinski definition) is 4. The van der Waals surface area contributed by atoms with E-state index in [-0.39, 0.29) is 10.8 Å². The Hall–Kier alpha value is -2.38. The lowest BCUT2D eigenvalue weighted by molar-refractivity contribution is 0.102. The lowest BCUT2D eigenvalue weighted by atomic mass is 10.1. The molecule has 1 heterocycles. The van der Waals surface area contributed by atoms with E-state index in [1.807, 2.05) is 13.0 Å². The molecule has 0 aliphatic carbocycles. The molecule has 0 radical (unpaired) electrons. The average Bonchev–Trinajstić information content (AvgIpc) is 2.74. The molecular formula is C23H30N2O4S. The summed E-state index contributed by atoms with van der Waals surface area (Å²) in [5.74, 6) is 0.713. The molecule has 1 aliphatic rings. The molecule has 3 rings (SSSR count). The van der Waals surface area contributed by atoms with Crippen molar-refractivity contribution in [3.8, 4) is 5.75 Å². The van der Waals surface area contributed by atoms with Gasteiger partial charge in [0, 0.05) is 24.3 Å². The van der Waals surface area contributed by atoms with Crippen molar-refractivity contribution in [2.75, 3.05) is 25.0 Å². The Morgan fingerprint density at radius 3 is 2.53 bits per heavy atom. The molecule has 162 valence electrons. The van der Waals surface area contributed by atoms with Crippen LogP contribution in [-0.2, 0) is 10.0 Å². The van der Waals surface area contributed by atoms with Gasteiger partial charge in [0.15, 0.2) is 0 Å². The second kappa shape index (κ2) is 9.62. The SMILES string of the molecule is Cc1ccc(S(=O)(=O)N2CCCCC2)cc1NC(=O)c1cccc(OCC(C)C)c1. The molecule has 1 amide bonds. The van der Waals surface area contributed by atoms with E-state index in [0.717, 1.165) is 24.8 Å². The number of sulfonamides is 1. The highest BCUT2D eigenvalue weighted by Crippen LogP contribution is 2.26. The number of amides is 1. The van der Waals surface area contributed by atoms with Crippen LogP contribution < -0.4 is 10.1 Å². The van der Waals surface area contributed by atoms with Crippen molar-refractivity contribution < 1.29 is 17.9 Å². The molecule has 1 aliphatic heterocycles. The third-order valence-corrected chi connectivity index (χ3v) is 6.98. The van der Waals surface area contributed by atoms with E-state index in [2.05, 4.69) is 19.2 Å². The van der Waals surface area contributed by atoms with E-state index >= 15 is 0 Å². The van der Waals surface area contributed by atoms with Gasteiger partial charge in [-0.05, 0) is 61.6 Å². The first-order valence-electron chi connectivity index (χ1n) is 10.4. The highest BCUT2D eigenvalue weighted by molar-refractivity contribution is 7.89. The summed E-state index contributed by atoms with van der Waals surface area (Å²) in [6, 6.07) is 11.9. The monoisotopic (exact) mass is 430 g/mol. The summed E-state index contributed by atoms with van der Waals surface area (Å²) in [4.78, 5) is 13.0. The Balaban J connectivity index is 1.79. The van der Waals surface area contributed by atoms with Crippen LogP contribution in [0.15, 0.2) is 47.4 Å². The summed E-state index contributed by atoms with van der Waals surface area (Å²) >= 11 is 0. The minimum atomic E-state index is -3.56. The van der Waals surface area contributed by atoms with Crippen molar-refractivity contribution >= 4 is 21.6 Å². The maximum absolute atomic E-state index is 13.0. The fourth-order valence-corrected chi connectivity index (χ4v) is 4.88. The summed E-state index contributed by atoms with van der Waals surface area (Å²) in [6.07, 6.45) is 2.81. The Bertz CT molecular complexity index is 996. The molecule has 0 spiro atoms. The molecule has 1 fully saturated rings. The van der Waals surface area contributed by atoms with Crippen LogP contribution in [0.3, 0.4) is 0 Å². The normalized spacial score (nSPS) is 15.2. The molecule has 7 heteroatoms. The topological polar surface area (TPSA) is 75.7 Å². The number of aryl methyl sites for hydroxylation is 1. The highest BCUT2D eigenvalue weighted by Gasteiger charge is 2.26. The van der Waals surface area contributed by atoms with Gasteiger partial charge in [-0.25, -0.2) is 8.42 Å². The van der Waals surface area contributed by atoms with Gasteiger partial charge in [-0.3, -0.25) is 4.79 Å². The molecule has 0 saturated carbocycles. The van der Waals surface area contributed by atoms with Gasteiger partial charge >= 0.3 is 0 Å². The Morgan fingerprint density at radius 2 is 1.83 bits per heavy atom. The van der Waals surface area contributed by atoms with Crippen LogP contribution in [0, 0.1) is 12.8 Å². The van der Waals surface area contributed by atoms with Gasteiger partial charge in [0.25, 0.3) is 5.91 Å². The van der Waals surface area contributed by atoms with Gasteiger partial charge in [0.2, 0.25) is 10.0 Å². The summed E-state index contributed by atoms with van der Waals surface area (Å²) in [5.41, 5.74) is 1.75. The molecule has 30 heavy (non-hydrogen) atoms. The molecule has 1 N–H and O–H groups in total. The third-order valence-electron chi connectivity index (χ3n) is 5.09. The molecule has 6 nitrogen and oxygen atoms in total. The zero-order chi connectivity index (χ0) is 21.7. The summed E-state index contributed by atoms with van der Waals surface area (Å²) in [5, 5.41) is 2.86. The second-order valence-corrected chi connectivity index (χ2v) is 10.1. The zero-order valence-corrected chi connectivity index (χ0v) is 18.7. The molecule has 2 aromatic carbocycles. The van der Waals surface area contributed by atoms with E-state index in [1.165, 1.54) is 4.31 Å². The van der Waals surface area contributed by atoms with Crippen LogP contribution in [0.25, 0.3) is 0 Å². The number of rotatable bonds is 7. The van der Waals surface area contributed by atoms with Gasteiger partial charge in [-0.15, -0.1) is 0 Å². The van der Waals surface area contributed by atoms with Crippen molar-refractivity contribution in [3.05, 3.63) is 53.6 Å². The predicted molar refractivity (Wildman–Crippen MR) is 119 cm³/mol. The van der Waals surface area contributed by atoms with Gasteiger partial charge in [0.05, 0.1) is 11.5 Å². The van der Waals surface area contributed by atoms with E-state index in [0.29, 0.717) is 42.6 Å². The first-order chi connectivity index (χ1) is 14.3. The number of nitrogens with zero attached hydrogens (tertiary/aromatic N) is 1. The minimum Gasteiger partial charge on any atom is -0.493 e. The van der Waals surface area contributed by atoms with Crippen molar-refractivity contribution in [3.63, 3.8) is 0 Å². The Kier molecular flexibility index (Phi) is 7.15. The van der Waals surface area contributed by atoms with E-state index in [9.17, 15) is 13.2 Å². The lowest BCUT2D eigenvalue weighted by Gasteiger charge is -2.26. The summed E-state index contributed by atoms with van der Waals surface area (Å²) in [6.45, 7) is 7.62. The molecule has 0 bridgehead atoms. The lowest BCUT2D eigenvalue weighted by Crippen LogP contribution is -2.35. The van der Waals surface area contributed by atoms with Crippen molar-refractivity contribution in [2.45, 2.75) is 44.9 Å². The largest absolute Gasteiger partial charge is 0.493 e. The molecule has 0 unspecified atom stereocenters. The van der Waals surface area contributed by atoms with Gasteiger partial charge in [-0.1, -0.05) is 32.4 Å². The van der Waals surface area contributed by atoms with E-state index < -0.39 is 10.0 Å². The number of carbonyl (C=O) groups excluding carboxylic acids is 1. The highest BCUT2D eigenvalue weighted by atomic mass is 32.2. The molecule has 2 aromatic rings. The number of hydrogen-bond donors (Lipinski definition) is 1. The van der Waals surface area contributed by atoms with Gasteiger partial charge < -0.3 is 10.1 Å². The second-order valence-electron chi connectivity index (χ2n) is 8.13. The van der Waals surface area contributed by atoms with Crippen LogP contribution in [0.4, 0.5) is 5.69 Å². The van der Waals surface area contributed by atoms with E-state index in [1.54, 1.807) is 36.4 Å².